The maximum absolute atomic E-state index is 3.59. The van der Waals surface area contributed by atoms with E-state index >= 15 is 0 Å². The highest BCUT2D eigenvalue weighted by Crippen LogP contribution is 2.16. The second-order valence-electron chi connectivity index (χ2n) is 5.40. The van der Waals surface area contributed by atoms with E-state index in [1.165, 1.54) is 58.4 Å². The van der Waals surface area contributed by atoms with Gasteiger partial charge in [0, 0.05) is 18.6 Å². The van der Waals surface area contributed by atoms with Crippen LogP contribution in [0.2, 0.25) is 0 Å². The van der Waals surface area contributed by atoms with E-state index in [0.29, 0.717) is 0 Å². The smallest absolute Gasteiger partial charge is 0.0195 e. The highest BCUT2D eigenvalue weighted by Gasteiger charge is 2.24. The van der Waals surface area contributed by atoms with E-state index in [1.807, 2.05) is 0 Å². The molecule has 0 amide bonds. The van der Waals surface area contributed by atoms with Crippen molar-refractivity contribution in [2.45, 2.75) is 44.7 Å². The summed E-state index contributed by atoms with van der Waals surface area (Å²) in [6, 6.07) is 1.58. The first-order chi connectivity index (χ1) is 7.79. The fourth-order valence-corrected chi connectivity index (χ4v) is 3.09. The lowest BCUT2D eigenvalue weighted by molar-refractivity contribution is 0.125. The van der Waals surface area contributed by atoms with Gasteiger partial charge in [-0.05, 0) is 58.9 Å². The lowest BCUT2D eigenvalue weighted by atomic mass is 10.0. The average Bonchev–Trinajstić information content (AvgIpc) is 2.82. The minimum atomic E-state index is 0.759. The number of nitrogens with zero attached hydrogens (tertiary/aromatic N) is 2. The molecule has 3 heteroatoms. The number of nitrogens with one attached hydrogen (secondary N) is 1. The van der Waals surface area contributed by atoms with Crippen molar-refractivity contribution in [1.82, 2.24) is 15.1 Å². The lowest BCUT2D eigenvalue weighted by Gasteiger charge is -2.37. The topological polar surface area (TPSA) is 18.5 Å². The van der Waals surface area contributed by atoms with Crippen LogP contribution >= 0.6 is 0 Å². The van der Waals surface area contributed by atoms with Gasteiger partial charge in [-0.25, -0.2) is 0 Å². The molecule has 0 saturated carbocycles. The summed E-state index contributed by atoms with van der Waals surface area (Å²) in [6.07, 6.45) is 5.46. The zero-order chi connectivity index (χ0) is 11.4. The zero-order valence-electron chi connectivity index (χ0n) is 10.9. The second-order valence-corrected chi connectivity index (χ2v) is 5.40. The van der Waals surface area contributed by atoms with E-state index in [0.717, 1.165) is 12.1 Å². The van der Waals surface area contributed by atoms with Crippen molar-refractivity contribution in [3.8, 4) is 0 Å². The highest BCUT2D eigenvalue weighted by atomic mass is 15.2. The van der Waals surface area contributed by atoms with Gasteiger partial charge in [-0.2, -0.15) is 0 Å². The molecule has 2 aliphatic rings. The SMILES string of the molecule is CCN1CCC(N(C)C[C@@H]2CCCN2)CC1. The molecule has 16 heavy (non-hydrogen) atoms. The Hall–Kier alpha value is -0.120. The van der Waals surface area contributed by atoms with E-state index in [1.54, 1.807) is 0 Å². The predicted molar refractivity (Wildman–Crippen MR) is 68.8 cm³/mol. The molecule has 3 nitrogen and oxygen atoms in total. The quantitative estimate of drug-likeness (QED) is 0.774. The Morgan fingerprint density at radius 2 is 2.00 bits per heavy atom. The Morgan fingerprint density at radius 3 is 2.56 bits per heavy atom. The summed E-state index contributed by atoms with van der Waals surface area (Å²) in [7, 11) is 2.31. The predicted octanol–water partition coefficient (Wildman–Crippen LogP) is 1.15. The van der Waals surface area contributed by atoms with Crippen LogP contribution in [0.5, 0.6) is 0 Å². The molecule has 1 N–H and O–H groups in total. The van der Waals surface area contributed by atoms with Crippen molar-refractivity contribution >= 4 is 0 Å². The summed E-state index contributed by atoms with van der Waals surface area (Å²) >= 11 is 0. The number of hydrogen-bond acceptors (Lipinski definition) is 3. The van der Waals surface area contributed by atoms with Crippen molar-refractivity contribution in [3.05, 3.63) is 0 Å². The molecule has 0 spiro atoms. The van der Waals surface area contributed by atoms with Crippen LogP contribution in [0.15, 0.2) is 0 Å². The molecule has 1 atom stereocenters. The van der Waals surface area contributed by atoms with Gasteiger partial charge in [0.15, 0.2) is 0 Å². The fraction of sp³-hybridized carbons (Fsp3) is 1.00. The maximum Gasteiger partial charge on any atom is 0.0195 e. The first kappa shape index (κ1) is 12.3. The van der Waals surface area contributed by atoms with Crippen LogP contribution in [0.25, 0.3) is 0 Å². The molecular weight excluding hydrogens is 198 g/mol. The molecule has 2 rings (SSSR count). The number of likely N-dealkylation sites (tertiary alicyclic amines) is 1. The standard InChI is InChI=1S/C13H27N3/c1-3-16-9-6-13(7-10-16)15(2)11-12-5-4-8-14-12/h12-14H,3-11H2,1-2H3/t12-/m0/s1. The second kappa shape index (κ2) is 5.99. The molecule has 2 fully saturated rings. The Bertz CT molecular complexity index is 193. The molecule has 94 valence electrons. The van der Waals surface area contributed by atoms with Crippen molar-refractivity contribution < 1.29 is 0 Å². The van der Waals surface area contributed by atoms with E-state index in [4.69, 9.17) is 0 Å². The third-order valence-corrected chi connectivity index (χ3v) is 4.30. The zero-order valence-corrected chi connectivity index (χ0v) is 10.9. The summed E-state index contributed by atoms with van der Waals surface area (Å²) in [5.41, 5.74) is 0. The summed E-state index contributed by atoms with van der Waals surface area (Å²) in [5.74, 6) is 0. The van der Waals surface area contributed by atoms with Crippen LogP contribution in [0.3, 0.4) is 0 Å². The Labute approximate surface area is 100 Å². The van der Waals surface area contributed by atoms with Crippen LogP contribution < -0.4 is 5.32 Å². The Morgan fingerprint density at radius 1 is 1.25 bits per heavy atom. The van der Waals surface area contributed by atoms with E-state index < -0.39 is 0 Å². The number of hydrogen-bond donors (Lipinski definition) is 1. The van der Waals surface area contributed by atoms with Crippen molar-refractivity contribution in [2.24, 2.45) is 0 Å². The normalized spacial score (nSPS) is 29.1. The Balaban J connectivity index is 1.70. The van der Waals surface area contributed by atoms with Crippen LogP contribution in [-0.4, -0.2) is 61.7 Å². The van der Waals surface area contributed by atoms with Crippen LogP contribution in [0.1, 0.15) is 32.6 Å². The number of likely N-dealkylation sites (N-methyl/N-ethyl adjacent to an activating group) is 1. The first-order valence-corrected chi connectivity index (χ1v) is 6.95. The Kier molecular flexibility index (Phi) is 4.62. The molecule has 0 unspecified atom stereocenters. The van der Waals surface area contributed by atoms with Gasteiger partial charge in [-0.1, -0.05) is 6.92 Å². The lowest BCUT2D eigenvalue weighted by Crippen LogP contribution is -2.46. The van der Waals surface area contributed by atoms with Crippen LogP contribution in [-0.2, 0) is 0 Å². The molecule has 0 radical (unpaired) electrons. The minimum absolute atomic E-state index is 0.759. The molecule has 2 saturated heterocycles. The van der Waals surface area contributed by atoms with E-state index in [2.05, 4.69) is 29.1 Å². The summed E-state index contributed by atoms with van der Waals surface area (Å²) < 4.78 is 0. The van der Waals surface area contributed by atoms with Crippen LogP contribution in [0.4, 0.5) is 0 Å². The van der Waals surface area contributed by atoms with Gasteiger partial charge in [0.1, 0.15) is 0 Å². The van der Waals surface area contributed by atoms with Gasteiger partial charge in [-0.3, -0.25) is 0 Å². The molecule has 2 aliphatic heterocycles. The highest BCUT2D eigenvalue weighted by molar-refractivity contribution is 4.82. The average molecular weight is 225 g/mol. The van der Waals surface area contributed by atoms with E-state index in [-0.39, 0.29) is 0 Å². The number of rotatable bonds is 4. The maximum atomic E-state index is 3.59. The molecule has 0 aromatic rings. The van der Waals surface area contributed by atoms with Crippen LogP contribution in [0, 0.1) is 0 Å². The van der Waals surface area contributed by atoms with Crippen molar-refractivity contribution in [3.63, 3.8) is 0 Å². The van der Waals surface area contributed by atoms with Gasteiger partial charge in [0.25, 0.3) is 0 Å². The summed E-state index contributed by atoms with van der Waals surface area (Å²) in [5, 5.41) is 3.59. The molecule has 2 heterocycles. The summed E-state index contributed by atoms with van der Waals surface area (Å²) in [4.78, 5) is 5.16. The van der Waals surface area contributed by atoms with Gasteiger partial charge in [-0.15, -0.1) is 0 Å². The summed E-state index contributed by atoms with van der Waals surface area (Å²) in [6.45, 7) is 8.56. The fourth-order valence-electron chi connectivity index (χ4n) is 3.09. The number of piperidine rings is 1. The molecular formula is C13H27N3. The third-order valence-electron chi connectivity index (χ3n) is 4.30. The van der Waals surface area contributed by atoms with Gasteiger partial charge in [0.2, 0.25) is 0 Å². The molecule has 0 aromatic carbocycles. The largest absolute Gasteiger partial charge is 0.313 e. The van der Waals surface area contributed by atoms with E-state index in [9.17, 15) is 0 Å². The van der Waals surface area contributed by atoms with Gasteiger partial charge >= 0.3 is 0 Å². The molecule has 0 bridgehead atoms. The molecule has 0 aliphatic carbocycles. The molecule has 0 aromatic heterocycles. The monoisotopic (exact) mass is 225 g/mol. The first-order valence-electron chi connectivity index (χ1n) is 6.95. The van der Waals surface area contributed by atoms with Crippen molar-refractivity contribution in [1.29, 1.82) is 0 Å². The minimum Gasteiger partial charge on any atom is -0.313 e. The van der Waals surface area contributed by atoms with Gasteiger partial charge < -0.3 is 15.1 Å². The van der Waals surface area contributed by atoms with Crippen molar-refractivity contribution in [2.75, 3.05) is 39.8 Å². The van der Waals surface area contributed by atoms with Gasteiger partial charge in [0.05, 0.1) is 0 Å². The third kappa shape index (κ3) is 3.19.